The van der Waals surface area contributed by atoms with Gasteiger partial charge in [0.1, 0.15) is 0 Å². The highest BCUT2D eigenvalue weighted by Crippen LogP contribution is 2.61. The number of anilines is 1. The van der Waals surface area contributed by atoms with Gasteiger partial charge in [-0.25, -0.2) is 4.98 Å². The SMILES string of the molecule is CCN(Cc1ccncc1)C(=O)c1ccc(-c2csc(NC(=O)C3(C)CC4c5ccccc5C3c3ccccc34)n2)cc1. The van der Waals surface area contributed by atoms with Gasteiger partial charge in [-0.15, -0.1) is 11.3 Å². The molecule has 1 atom stereocenters. The number of carbonyl (C=O) groups is 2. The molecule has 43 heavy (non-hydrogen) atoms. The zero-order valence-corrected chi connectivity index (χ0v) is 25.0. The monoisotopic (exact) mass is 584 g/mol. The van der Waals surface area contributed by atoms with Crippen molar-refractivity contribution in [3.8, 4) is 11.3 Å². The molecule has 0 fully saturated rings. The lowest BCUT2D eigenvalue weighted by Crippen LogP contribution is -2.47. The molecule has 0 spiro atoms. The number of pyridine rings is 1. The van der Waals surface area contributed by atoms with Gasteiger partial charge in [0.2, 0.25) is 5.91 Å². The number of amides is 2. The Morgan fingerprint density at radius 3 is 2.16 bits per heavy atom. The van der Waals surface area contributed by atoms with Gasteiger partial charge >= 0.3 is 0 Å². The maximum atomic E-state index is 14.0. The number of hydrogen-bond donors (Lipinski definition) is 1. The smallest absolute Gasteiger partial charge is 0.254 e. The summed E-state index contributed by atoms with van der Waals surface area (Å²) in [6.07, 6.45) is 4.25. The van der Waals surface area contributed by atoms with Crippen LogP contribution in [0.2, 0.25) is 0 Å². The minimum atomic E-state index is -0.595. The fourth-order valence-corrected chi connectivity index (χ4v) is 7.61. The van der Waals surface area contributed by atoms with Gasteiger partial charge in [0.15, 0.2) is 5.13 Å². The Balaban J connectivity index is 1.08. The Hall–Kier alpha value is -4.62. The van der Waals surface area contributed by atoms with Crippen molar-refractivity contribution in [2.75, 3.05) is 11.9 Å². The van der Waals surface area contributed by atoms with Crippen molar-refractivity contribution in [3.05, 3.63) is 136 Å². The summed E-state index contributed by atoms with van der Waals surface area (Å²) in [7, 11) is 0. The summed E-state index contributed by atoms with van der Waals surface area (Å²) in [4.78, 5) is 37.8. The number of nitrogens with one attached hydrogen (secondary N) is 1. The lowest BCUT2D eigenvalue weighted by molar-refractivity contribution is -0.126. The van der Waals surface area contributed by atoms with Crippen LogP contribution in [0.4, 0.5) is 5.13 Å². The van der Waals surface area contributed by atoms with Crippen molar-refractivity contribution in [2.24, 2.45) is 5.41 Å². The summed E-state index contributed by atoms with van der Waals surface area (Å²) in [5, 5.41) is 5.70. The molecule has 1 N–H and O–H groups in total. The number of nitrogens with zero attached hydrogens (tertiary/aromatic N) is 3. The summed E-state index contributed by atoms with van der Waals surface area (Å²) in [5.74, 6) is 0.183. The molecule has 0 saturated heterocycles. The summed E-state index contributed by atoms with van der Waals surface area (Å²) in [6, 6.07) is 28.5. The van der Waals surface area contributed by atoms with Crippen molar-refractivity contribution in [3.63, 3.8) is 0 Å². The van der Waals surface area contributed by atoms with Crippen molar-refractivity contribution in [2.45, 2.75) is 38.6 Å². The van der Waals surface area contributed by atoms with E-state index in [1.54, 1.807) is 12.4 Å². The third-order valence-corrected chi connectivity index (χ3v) is 9.85. The standard InChI is InChI=1S/C36H32N4O2S/c1-3-40(21-23-16-18-37-19-17-23)33(41)25-14-12-24(13-15-25)31-22-43-35(38-31)39-34(42)36(2)20-30-26-8-4-6-10-28(26)32(36)29-11-7-5-9-27(29)30/h4-19,22,30,32H,3,20-21H2,1-2H3,(H,38,39,42). The number of thiazole rings is 1. The molecule has 3 aliphatic rings. The van der Waals surface area contributed by atoms with Crippen LogP contribution in [0.15, 0.2) is 103 Å². The second kappa shape index (κ2) is 10.9. The molecule has 5 aromatic rings. The Morgan fingerprint density at radius 1 is 0.907 bits per heavy atom. The highest BCUT2D eigenvalue weighted by Gasteiger charge is 2.54. The molecule has 8 rings (SSSR count). The summed E-state index contributed by atoms with van der Waals surface area (Å²) in [6.45, 7) is 5.22. The summed E-state index contributed by atoms with van der Waals surface area (Å²) in [5.41, 5.74) is 7.95. The molecule has 2 heterocycles. The van der Waals surface area contributed by atoms with Crippen molar-refractivity contribution in [1.82, 2.24) is 14.9 Å². The number of benzene rings is 3. The van der Waals surface area contributed by atoms with E-state index in [9.17, 15) is 9.59 Å². The van der Waals surface area contributed by atoms with E-state index < -0.39 is 5.41 Å². The van der Waals surface area contributed by atoms with E-state index in [0.717, 1.165) is 23.2 Å². The first kappa shape index (κ1) is 27.2. The zero-order valence-electron chi connectivity index (χ0n) is 24.2. The fourth-order valence-electron chi connectivity index (χ4n) is 6.89. The maximum absolute atomic E-state index is 14.0. The minimum Gasteiger partial charge on any atom is -0.335 e. The van der Waals surface area contributed by atoms with Crippen LogP contribution in [0.5, 0.6) is 0 Å². The van der Waals surface area contributed by atoms with Gasteiger partial charge in [-0.05, 0) is 72.4 Å². The number of aromatic nitrogens is 2. The van der Waals surface area contributed by atoms with Gasteiger partial charge in [-0.2, -0.15) is 0 Å². The van der Waals surface area contributed by atoms with Crippen LogP contribution in [0.1, 0.15) is 70.3 Å². The molecule has 2 amide bonds. The van der Waals surface area contributed by atoms with Gasteiger partial charge < -0.3 is 10.2 Å². The average Bonchev–Trinajstić information content (AvgIpc) is 3.52. The highest BCUT2D eigenvalue weighted by molar-refractivity contribution is 7.14. The average molecular weight is 585 g/mol. The van der Waals surface area contributed by atoms with E-state index in [1.807, 2.05) is 53.6 Å². The second-order valence-electron chi connectivity index (χ2n) is 11.6. The number of hydrogen-bond acceptors (Lipinski definition) is 5. The van der Waals surface area contributed by atoms with E-state index in [4.69, 9.17) is 4.98 Å². The van der Waals surface area contributed by atoms with Gasteiger partial charge in [0.25, 0.3) is 5.91 Å². The van der Waals surface area contributed by atoms with Crippen molar-refractivity contribution >= 4 is 28.3 Å². The number of rotatable bonds is 7. The van der Waals surface area contributed by atoms with Crippen molar-refractivity contribution < 1.29 is 9.59 Å². The third kappa shape index (κ3) is 4.74. The van der Waals surface area contributed by atoms with E-state index in [2.05, 4.69) is 65.8 Å². The van der Waals surface area contributed by atoms with E-state index in [0.29, 0.717) is 23.8 Å². The molecule has 214 valence electrons. The fraction of sp³-hybridized carbons (Fsp3) is 0.222. The van der Waals surface area contributed by atoms with Crippen LogP contribution < -0.4 is 5.32 Å². The second-order valence-corrected chi connectivity index (χ2v) is 12.5. The third-order valence-electron chi connectivity index (χ3n) is 9.09. The number of fused-ring (bicyclic) bond motifs is 1. The van der Waals surface area contributed by atoms with Crippen LogP contribution in [0.25, 0.3) is 11.3 Å². The molecular weight excluding hydrogens is 552 g/mol. The van der Waals surface area contributed by atoms with E-state index >= 15 is 0 Å². The summed E-state index contributed by atoms with van der Waals surface area (Å²) >= 11 is 1.42. The molecule has 7 heteroatoms. The molecule has 0 aliphatic heterocycles. The van der Waals surface area contributed by atoms with Gasteiger partial charge in [0, 0.05) is 53.8 Å². The van der Waals surface area contributed by atoms with Gasteiger partial charge in [-0.1, -0.05) is 60.7 Å². The maximum Gasteiger partial charge on any atom is 0.254 e. The van der Waals surface area contributed by atoms with E-state index in [-0.39, 0.29) is 23.7 Å². The molecule has 3 aliphatic carbocycles. The quantitative estimate of drug-likeness (QED) is 0.215. The molecular formula is C36H32N4O2S. The Bertz CT molecular complexity index is 1770. The van der Waals surface area contributed by atoms with Gasteiger partial charge in [0.05, 0.1) is 11.1 Å². The first-order valence-corrected chi connectivity index (χ1v) is 15.6. The topological polar surface area (TPSA) is 75.2 Å². The molecule has 2 aromatic heterocycles. The Labute approximate surface area is 255 Å². The Kier molecular flexibility index (Phi) is 6.90. The summed E-state index contributed by atoms with van der Waals surface area (Å²) < 4.78 is 0. The predicted octanol–water partition coefficient (Wildman–Crippen LogP) is 7.49. The van der Waals surface area contributed by atoms with Crippen LogP contribution in [0, 0.1) is 5.41 Å². The molecule has 0 saturated carbocycles. The minimum absolute atomic E-state index is 0.00204. The lowest BCUT2D eigenvalue weighted by atomic mass is 9.52. The predicted molar refractivity (Wildman–Crippen MR) is 170 cm³/mol. The van der Waals surface area contributed by atoms with Crippen LogP contribution in [-0.4, -0.2) is 33.2 Å². The first-order chi connectivity index (χ1) is 21.0. The van der Waals surface area contributed by atoms with Crippen LogP contribution in [-0.2, 0) is 11.3 Å². The van der Waals surface area contributed by atoms with Crippen LogP contribution in [0.3, 0.4) is 0 Å². The number of carbonyl (C=O) groups excluding carboxylic acids is 2. The normalized spacial score (nSPS) is 19.8. The molecule has 2 bridgehead atoms. The molecule has 6 nitrogen and oxygen atoms in total. The van der Waals surface area contributed by atoms with Crippen LogP contribution >= 0.6 is 11.3 Å². The molecule has 1 unspecified atom stereocenters. The Morgan fingerprint density at radius 2 is 1.53 bits per heavy atom. The van der Waals surface area contributed by atoms with E-state index in [1.165, 1.54) is 33.6 Å². The molecule has 3 aromatic carbocycles. The first-order valence-electron chi connectivity index (χ1n) is 14.7. The molecule has 0 radical (unpaired) electrons. The van der Waals surface area contributed by atoms with Gasteiger partial charge in [-0.3, -0.25) is 14.6 Å². The lowest BCUT2D eigenvalue weighted by Gasteiger charge is -2.50. The largest absolute Gasteiger partial charge is 0.335 e. The van der Waals surface area contributed by atoms with Crippen molar-refractivity contribution in [1.29, 1.82) is 0 Å². The zero-order chi connectivity index (χ0) is 29.6. The highest BCUT2D eigenvalue weighted by atomic mass is 32.1.